The molecule has 0 aliphatic carbocycles. The molecular formula is C33H24BrN5OS. The van der Waals surface area contributed by atoms with Gasteiger partial charge in [-0.05, 0) is 55.5 Å². The van der Waals surface area contributed by atoms with Crippen LogP contribution in [0.4, 0.5) is 0 Å². The lowest BCUT2D eigenvalue weighted by molar-refractivity contribution is 0.415. The average molecular weight is 619 g/mol. The molecule has 0 fully saturated rings. The maximum absolute atomic E-state index is 5.46. The van der Waals surface area contributed by atoms with Crippen LogP contribution in [0.15, 0.2) is 114 Å². The molecule has 6 nitrogen and oxygen atoms in total. The van der Waals surface area contributed by atoms with Crippen LogP contribution in [0.25, 0.3) is 54.8 Å². The number of benzene rings is 4. The molecule has 0 saturated heterocycles. The number of halogens is 1. The molecule has 0 spiro atoms. The van der Waals surface area contributed by atoms with E-state index in [1.54, 1.807) is 18.4 Å². The highest BCUT2D eigenvalue weighted by Gasteiger charge is 2.22. The van der Waals surface area contributed by atoms with Crippen LogP contribution < -0.4 is 4.74 Å². The Kier molecular flexibility index (Phi) is 6.49. The number of hydrogen-bond donors (Lipinski definition) is 0. The zero-order valence-electron chi connectivity index (χ0n) is 22.3. The van der Waals surface area contributed by atoms with Gasteiger partial charge in [0, 0.05) is 27.4 Å². The van der Waals surface area contributed by atoms with Crippen molar-refractivity contribution in [2.75, 3.05) is 7.11 Å². The third-order valence-corrected chi connectivity index (χ3v) is 8.47. The number of nitrogens with zero attached hydrogens (tertiary/aromatic N) is 5. The number of aryl methyl sites for hydroxylation is 1. The summed E-state index contributed by atoms with van der Waals surface area (Å²) in [6.45, 7) is 2.09. The molecule has 0 aliphatic rings. The molecule has 0 saturated carbocycles. The van der Waals surface area contributed by atoms with E-state index in [0.717, 1.165) is 65.0 Å². The monoisotopic (exact) mass is 617 g/mol. The van der Waals surface area contributed by atoms with Gasteiger partial charge in [-0.25, -0.2) is 14.3 Å². The van der Waals surface area contributed by atoms with Crippen LogP contribution in [-0.4, -0.2) is 31.7 Å². The van der Waals surface area contributed by atoms with Crippen LogP contribution in [-0.2, 0) is 0 Å². The molecule has 3 heterocycles. The van der Waals surface area contributed by atoms with Gasteiger partial charge >= 0.3 is 0 Å². The first kappa shape index (κ1) is 25.4. The average Bonchev–Trinajstić information content (AvgIpc) is 3.74. The third kappa shape index (κ3) is 4.85. The van der Waals surface area contributed by atoms with Crippen molar-refractivity contribution < 1.29 is 4.74 Å². The predicted octanol–water partition coefficient (Wildman–Crippen LogP) is 8.75. The van der Waals surface area contributed by atoms with E-state index in [1.807, 2.05) is 57.9 Å². The van der Waals surface area contributed by atoms with Gasteiger partial charge in [0.25, 0.3) is 0 Å². The molecule has 41 heavy (non-hydrogen) atoms. The van der Waals surface area contributed by atoms with E-state index < -0.39 is 0 Å². The highest BCUT2D eigenvalue weighted by molar-refractivity contribution is 9.10. The fourth-order valence-electron chi connectivity index (χ4n) is 4.79. The molecule has 0 amide bonds. The largest absolute Gasteiger partial charge is 0.497 e. The van der Waals surface area contributed by atoms with E-state index in [-0.39, 0.29) is 0 Å². The number of aromatic nitrogens is 5. The molecule has 0 bridgehead atoms. The van der Waals surface area contributed by atoms with Gasteiger partial charge in [0.05, 0.1) is 34.4 Å². The quantitative estimate of drug-likeness (QED) is 0.187. The van der Waals surface area contributed by atoms with Crippen molar-refractivity contribution in [1.29, 1.82) is 0 Å². The minimum Gasteiger partial charge on any atom is -0.497 e. The van der Waals surface area contributed by atoms with Gasteiger partial charge in [-0.2, -0.15) is 10.2 Å². The number of rotatable bonds is 6. The van der Waals surface area contributed by atoms with Gasteiger partial charge in [0.15, 0.2) is 0 Å². The van der Waals surface area contributed by atoms with Crippen LogP contribution in [0.3, 0.4) is 0 Å². The van der Waals surface area contributed by atoms with Gasteiger partial charge in [-0.15, -0.1) is 0 Å². The molecule has 8 heteroatoms. The molecule has 3 aromatic heterocycles. The molecule has 0 aliphatic heterocycles. The summed E-state index contributed by atoms with van der Waals surface area (Å²) in [7, 11) is 1.68. The van der Waals surface area contributed by atoms with Gasteiger partial charge in [0.1, 0.15) is 11.4 Å². The molecule has 0 atom stereocenters. The Hall–Kier alpha value is -4.53. The van der Waals surface area contributed by atoms with Crippen LogP contribution in [0, 0.1) is 6.92 Å². The fraction of sp³-hybridized carbons (Fsp3) is 0.0606. The highest BCUT2D eigenvalue weighted by atomic mass is 79.9. The zero-order valence-corrected chi connectivity index (χ0v) is 24.7. The first-order valence-corrected chi connectivity index (χ1v) is 14.7. The lowest BCUT2D eigenvalue weighted by Crippen LogP contribution is -1.99. The lowest BCUT2D eigenvalue weighted by atomic mass is 10.0. The number of ether oxygens (including phenoxy) is 1. The van der Waals surface area contributed by atoms with Crippen LogP contribution >= 0.6 is 27.3 Å². The van der Waals surface area contributed by atoms with E-state index in [9.17, 15) is 0 Å². The summed E-state index contributed by atoms with van der Waals surface area (Å²) in [5, 5.41) is 11.0. The molecule has 0 unspecified atom stereocenters. The second-order valence-corrected chi connectivity index (χ2v) is 11.6. The molecule has 7 aromatic rings. The number of fused-ring (bicyclic) bond motifs is 1. The van der Waals surface area contributed by atoms with Crippen LogP contribution in [0.1, 0.15) is 5.56 Å². The number of thiazole rings is 1. The summed E-state index contributed by atoms with van der Waals surface area (Å²) in [6, 6.07) is 34.9. The Morgan fingerprint density at radius 3 is 2.32 bits per heavy atom. The summed E-state index contributed by atoms with van der Waals surface area (Å²) in [5.41, 5.74) is 8.73. The van der Waals surface area contributed by atoms with Crippen molar-refractivity contribution in [3.8, 4) is 50.3 Å². The van der Waals surface area contributed by atoms with E-state index in [2.05, 4.69) is 83.6 Å². The second-order valence-electron chi connectivity index (χ2n) is 9.70. The summed E-state index contributed by atoms with van der Waals surface area (Å²) in [5.74, 6) is 0.801. The van der Waals surface area contributed by atoms with E-state index in [1.165, 1.54) is 5.56 Å². The van der Waals surface area contributed by atoms with Crippen LogP contribution in [0.5, 0.6) is 5.75 Å². The summed E-state index contributed by atoms with van der Waals surface area (Å²) >= 11 is 5.15. The molecule has 0 radical (unpaired) electrons. The van der Waals surface area contributed by atoms with Crippen molar-refractivity contribution in [1.82, 2.24) is 24.5 Å². The van der Waals surface area contributed by atoms with E-state index in [4.69, 9.17) is 19.9 Å². The fourth-order valence-corrected chi connectivity index (χ4v) is 6.01. The Labute approximate surface area is 249 Å². The minimum absolute atomic E-state index is 0.774. The normalized spacial score (nSPS) is 11.3. The van der Waals surface area contributed by atoms with Crippen LogP contribution in [0.2, 0.25) is 0 Å². The number of methoxy groups -OCH3 is 1. The maximum atomic E-state index is 5.46. The van der Waals surface area contributed by atoms with Crippen molar-refractivity contribution in [3.05, 3.63) is 119 Å². The predicted molar refractivity (Wildman–Crippen MR) is 169 cm³/mol. The maximum Gasteiger partial charge on any atom is 0.212 e. The Balaban J connectivity index is 1.47. The smallest absolute Gasteiger partial charge is 0.212 e. The lowest BCUT2D eigenvalue weighted by Gasteiger charge is -2.05. The summed E-state index contributed by atoms with van der Waals surface area (Å²) in [6.07, 6.45) is 2.08. The molecule has 200 valence electrons. The number of para-hydroxylation sites is 1. The minimum atomic E-state index is 0.774. The molecular weight excluding hydrogens is 594 g/mol. The molecule has 7 rings (SSSR count). The van der Waals surface area contributed by atoms with Crippen molar-refractivity contribution in [3.63, 3.8) is 0 Å². The number of hydrogen-bond acceptors (Lipinski definition) is 5. The van der Waals surface area contributed by atoms with Crippen molar-refractivity contribution in [2.45, 2.75) is 6.92 Å². The van der Waals surface area contributed by atoms with Gasteiger partial charge in [-0.3, -0.25) is 0 Å². The Morgan fingerprint density at radius 1 is 0.805 bits per heavy atom. The van der Waals surface area contributed by atoms with Gasteiger partial charge in [0.2, 0.25) is 5.13 Å². The van der Waals surface area contributed by atoms with E-state index in [0.29, 0.717) is 0 Å². The first-order chi connectivity index (χ1) is 20.1. The summed E-state index contributed by atoms with van der Waals surface area (Å²) < 4.78 is 11.4. The molecule has 4 aromatic carbocycles. The first-order valence-electron chi connectivity index (χ1n) is 13.1. The van der Waals surface area contributed by atoms with Gasteiger partial charge in [-0.1, -0.05) is 87.4 Å². The van der Waals surface area contributed by atoms with E-state index >= 15 is 0 Å². The Morgan fingerprint density at radius 2 is 1.56 bits per heavy atom. The molecule has 0 N–H and O–H groups in total. The SMILES string of the molecule is COc1ccc2nc(-n3nc(-c4ccc(C)cc4)cc3-c3cn(-c4ccccc4)nc3-c3ccc(Br)cc3)sc2c1. The Bertz CT molecular complexity index is 1990. The standard InChI is InChI=1S/C33H24BrN5OS/c1-21-8-10-22(11-9-21)29-19-30(39(36-29)33-35-28-17-16-26(40-2)18-31(28)41-33)27-20-38(25-6-4-3-5-7-25)37-32(27)23-12-14-24(34)15-13-23/h3-20H,1-2H3. The second kappa shape index (κ2) is 10.5. The van der Waals surface area contributed by atoms with Gasteiger partial charge < -0.3 is 4.74 Å². The van der Waals surface area contributed by atoms with Crippen molar-refractivity contribution >= 4 is 37.5 Å². The topological polar surface area (TPSA) is 57.8 Å². The summed E-state index contributed by atoms with van der Waals surface area (Å²) in [4.78, 5) is 4.97. The third-order valence-electron chi connectivity index (χ3n) is 6.95. The zero-order chi connectivity index (χ0) is 27.9. The van der Waals surface area contributed by atoms with Crippen molar-refractivity contribution in [2.24, 2.45) is 0 Å². The highest BCUT2D eigenvalue weighted by Crippen LogP contribution is 2.38.